The van der Waals surface area contributed by atoms with Crippen LogP contribution in [0.4, 0.5) is 16.0 Å². The molecule has 1 aromatic carbocycles. The smallest absolute Gasteiger partial charge is 0.246 e. The molecule has 1 saturated heterocycles. The fourth-order valence-corrected chi connectivity index (χ4v) is 4.20. The molecule has 0 saturated carbocycles. The standard InChI is InChI=1S/C23H22FN7O2/c1-2-19(32)30-10-9-15(12-30)31-23-20(22(25)27-13-28-23)21(29-31)14-7-8-18(26-11-14)33-17-6-4-3-5-16(17)24/h2-8,11,13,15,21,29H,1,9-10,12H2,(H2,25,27,28)/t15-,21?/m1/s1. The Bertz CT molecular complexity index is 1200. The minimum absolute atomic E-state index is 0.0172. The lowest BCUT2D eigenvalue weighted by molar-refractivity contribution is -0.125. The number of hydrogen-bond donors (Lipinski definition) is 2. The van der Waals surface area contributed by atoms with Crippen LogP contribution in [0, 0.1) is 5.82 Å². The minimum Gasteiger partial charge on any atom is -0.436 e. The Kier molecular flexibility index (Phi) is 5.35. The molecule has 2 aromatic heterocycles. The number of pyridine rings is 1. The number of fused-ring (bicyclic) bond motifs is 1. The van der Waals surface area contributed by atoms with Crippen molar-refractivity contribution in [1.29, 1.82) is 0 Å². The van der Waals surface area contributed by atoms with Crippen LogP contribution in [0.1, 0.15) is 23.6 Å². The van der Waals surface area contributed by atoms with E-state index in [1.807, 2.05) is 11.1 Å². The molecule has 10 heteroatoms. The van der Waals surface area contributed by atoms with E-state index in [2.05, 4.69) is 27.0 Å². The van der Waals surface area contributed by atoms with Crippen LogP contribution in [0.15, 0.2) is 61.6 Å². The number of hydrogen-bond acceptors (Lipinski definition) is 8. The number of nitrogen functional groups attached to an aromatic ring is 1. The lowest BCUT2D eigenvalue weighted by atomic mass is 10.0. The highest BCUT2D eigenvalue weighted by Crippen LogP contribution is 2.40. The molecule has 0 radical (unpaired) electrons. The Labute approximate surface area is 189 Å². The van der Waals surface area contributed by atoms with Gasteiger partial charge in [-0.2, -0.15) is 0 Å². The summed E-state index contributed by atoms with van der Waals surface area (Å²) in [6.45, 7) is 4.75. The Balaban J connectivity index is 1.39. The maximum Gasteiger partial charge on any atom is 0.246 e. The molecule has 1 fully saturated rings. The molecule has 5 rings (SSSR count). The van der Waals surface area contributed by atoms with Gasteiger partial charge in [-0.3, -0.25) is 9.80 Å². The molecule has 33 heavy (non-hydrogen) atoms. The highest BCUT2D eigenvalue weighted by atomic mass is 19.1. The molecule has 2 aliphatic heterocycles. The lowest BCUT2D eigenvalue weighted by Crippen LogP contribution is -2.45. The van der Waals surface area contributed by atoms with Crippen molar-refractivity contribution in [2.24, 2.45) is 0 Å². The van der Waals surface area contributed by atoms with Crippen molar-refractivity contribution in [1.82, 2.24) is 25.3 Å². The summed E-state index contributed by atoms with van der Waals surface area (Å²) in [5.41, 5.74) is 11.2. The summed E-state index contributed by atoms with van der Waals surface area (Å²) in [5, 5.41) is 1.96. The maximum atomic E-state index is 13.9. The molecule has 0 aliphatic carbocycles. The first-order valence-corrected chi connectivity index (χ1v) is 10.5. The predicted molar refractivity (Wildman–Crippen MR) is 120 cm³/mol. The minimum atomic E-state index is -0.462. The largest absolute Gasteiger partial charge is 0.436 e. The van der Waals surface area contributed by atoms with Crippen molar-refractivity contribution in [2.75, 3.05) is 23.8 Å². The number of carbonyl (C=O) groups is 1. The quantitative estimate of drug-likeness (QED) is 0.575. The second kappa shape index (κ2) is 8.47. The van der Waals surface area contributed by atoms with Crippen LogP contribution in [0.3, 0.4) is 0 Å². The average molecular weight is 447 g/mol. The molecular formula is C23H22FN7O2. The first kappa shape index (κ1) is 20.8. The zero-order valence-electron chi connectivity index (χ0n) is 17.7. The van der Waals surface area contributed by atoms with Crippen LogP contribution in [-0.2, 0) is 4.79 Å². The third-order valence-electron chi connectivity index (χ3n) is 5.84. The zero-order chi connectivity index (χ0) is 22.9. The van der Waals surface area contributed by atoms with Crippen LogP contribution in [0.5, 0.6) is 11.6 Å². The van der Waals surface area contributed by atoms with Crippen LogP contribution in [-0.4, -0.2) is 44.9 Å². The number of ether oxygens (including phenoxy) is 1. The van der Waals surface area contributed by atoms with Crippen molar-refractivity contribution >= 4 is 17.5 Å². The topological polar surface area (TPSA) is 110 Å². The SMILES string of the molecule is C=CC(=O)N1CC[C@@H](N2NC(c3ccc(Oc4ccccc4F)nc3)c3c(N)ncnc32)C1. The van der Waals surface area contributed by atoms with Gasteiger partial charge in [0.05, 0.1) is 17.6 Å². The molecule has 3 aromatic rings. The number of hydrazine groups is 1. The number of halogens is 1. The number of rotatable bonds is 5. The van der Waals surface area contributed by atoms with Gasteiger partial charge in [0.15, 0.2) is 17.4 Å². The molecular weight excluding hydrogens is 425 g/mol. The van der Waals surface area contributed by atoms with Gasteiger partial charge < -0.3 is 15.4 Å². The van der Waals surface area contributed by atoms with Crippen molar-refractivity contribution in [3.05, 3.63) is 78.5 Å². The van der Waals surface area contributed by atoms with Gasteiger partial charge in [-0.25, -0.2) is 24.8 Å². The molecule has 2 atom stereocenters. The van der Waals surface area contributed by atoms with Crippen LogP contribution in [0.25, 0.3) is 0 Å². The average Bonchev–Trinajstić information content (AvgIpc) is 3.47. The second-order valence-electron chi connectivity index (χ2n) is 7.82. The Morgan fingerprint density at radius 3 is 2.85 bits per heavy atom. The van der Waals surface area contributed by atoms with Gasteiger partial charge >= 0.3 is 0 Å². The third kappa shape index (κ3) is 3.85. The summed E-state index contributed by atoms with van der Waals surface area (Å²) in [6, 6.07) is 9.34. The van der Waals surface area contributed by atoms with Crippen molar-refractivity contribution in [3.8, 4) is 11.6 Å². The number of amides is 1. The molecule has 2 aliphatic rings. The number of nitrogens with one attached hydrogen (secondary N) is 1. The number of para-hydroxylation sites is 1. The van der Waals surface area contributed by atoms with E-state index in [-0.39, 0.29) is 29.6 Å². The number of anilines is 2. The Morgan fingerprint density at radius 2 is 2.09 bits per heavy atom. The van der Waals surface area contributed by atoms with E-state index in [0.29, 0.717) is 24.7 Å². The fourth-order valence-electron chi connectivity index (χ4n) is 4.20. The van der Waals surface area contributed by atoms with Crippen LogP contribution < -0.4 is 20.9 Å². The summed E-state index contributed by atoms with van der Waals surface area (Å²) < 4.78 is 19.4. The first-order chi connectivity index (χ1) is 16.0. The van der Waals surface area contributed by atoms with Gasteiger partial charge in [-0.15, -0.1) is 0 Å². The van der Waals surface area contributed by atoms with E-state index in [1.54, 1.807) is 29.3 Å². The summed E-state index contributed by atoms with van der Waals surface area (Å²) in [4.78, 5) is 26.7. The number of nitrogens with zero attached hydrogens (tertiary/aromatic N) is 5. The number of aromatic nitrogens is 3. The Morgan fingerprint density at radius 1 is 1.24 bits per heavy atom. The van der Waals surface area contributed by atoms with Gasteiger partial charge in [0.1, 0.15) is 12.1 Å². The van der Waals surface area contributed by atoms with Crippen LogP contribution >= 0.6 is 0 Å². The number of likely N-dealkylation sites (tertiary alicyclic amines) is 1. The van der Waals surface area contributed by atoms with E-state index < -0.39 is 5.82 Å². The van der Waals surface area contributed by atoms with E-state index in [4.69, 9.17) is 10.5 Å². The fraction of sp³-hybridized carbons (Fsp3) is 0.217. The molecule has 0 bridgehead atoms. The van der Waals surface area contributed by atoms with Gasteiger partial charge in [-0.05, 0) is 30.2 Å². The summed E-state index contributed by atoms with van der Waals surface area (Å²) >= 11 is 0. The maximum absolute atomic E-state index is 13.9. The molecule has 9 nitrogen and oxygen atoms in total. The monoisotopic (exact) mass is 447 g/mol. The van der Waals surface area contributed by atoms with Crippen molar-refractivity contribution < 1.29 is 13.9 Å². The Hall–Kier alpha value is -4.05. The number of benzene rings is 1. The molecule has 1 unspecified atom stereocenters. The zero-order valence-corrected chi connectivity index (χ0v) is 17.7. The predicted octanol–water partition coefficient (Wildman–Crippen LogP) is 2.59. The highest BCUT2D eigenvalue weighted by Gasteiger charge is 2.40. The van der Waals surface area contributed by atoms with Crippen LogP contribution in [0.2, 0.25) is 0 Å². The molecule has 0 spiro atoms. The number of carbonyl (C=O) groups excluding carboxylic acids is 1. The van der Waals surface area contributed by atoms with E-state index in [0.717, 1.165) is 17.5 Å². The molecule has 1 amide bonds. The summed E-state index contributed by atoms with van der Waals surface area (Å²) in [5.74, 6) is 0.860. The van der Waals surface area contributed by atoms with Gasteiger partial charge in [-0.1, -0.05) is 24.8 Å². The highest BCUT2D eigenvalue weighted by molar-refractivity contribution is 5.87. The molecule has 3 N–H and O–H groups in total. The molecule has 4 heterocycles. The summed E-state index contributed by atoms with van der Waals surface area (Å²) in [6.07, 6.45) is 5.18. The second-order valence-corrected chi connectivity index (χ2v) is 7.82. The van der Waals surface area contributed by atoms with Gasteiger partial charge in [0.25, 0.3) is 0 Å². The van der Waals surface area contributed by atoms with E-state index in [9.17, 15) is 9.18 Å². The third-order valence-corrected chi connectivity index (χ3v) is 5.84. The van der Waals surface area contributed by atoms with E-state index >= 15 is 0 Å². The van der Waals surface area contributed by atoms with Crippen molar-refractivity contribution in [3.63, 3.8) is 0 Å². The molecule has 168 valence electrons. The van der Waals surface area contributed by atoms with E-state index in [1.165, 1.54) is 24.5 Å². The number of nitrogens with two attached hydrogens (primary N) is 1. The van der Waals surface area contributed by atoms with Crippen molar-refractivity contribution in [2.45, 2.75) is 18.5 Å². The van der Waals surface area contributed by atoms with Gasteiger partial charge in [0, 0.05) is 25.4 Å². The van der Waals surface area contributed by atoms with Gasteiger partial charge in [0.2, 0.25) is 11.8 Å². The normalized spacial score (nSPS) is 19.4. The first-order valence-electron chi connectivity index (χ1n) is 10.5. The summed E-state index contributed by atoms with van der Waals surface area (Å²) in [7, 11) is 0. The lowest BCUT2D eigenvalue weighted by Gasteiger charge is -2.26.